The number of rotatable bonds is 5. The smallest absolute Gasteiger partial charge is 0.0381 e. The van der Waals surface area contributed by atoms with Crippen molar-refractivity contribution in [2.24, 2.45) is 5.92 Å². The molecule has 0 spiro atoms. The van der Waals surface area contributed by atoms with Gasteiger partial charge < -0.3 is 5.32 Å². The van der Waals surface area contributed by atoms with Crippen LogP contribution in [-0.4, -0.2) is 0 Å². The van der Waals surface area contributed by atoms with E-state index in [0.29, 0.717) is 5.92 Å². The summed E-state index contributed by atoms with van der Waals surface area (Å²) in [5.41, 5.74) is 3.71. The first-order chi connectivity index (χ1) is 8.11. The number of allylic oxidation sites excluding steroid dienone is 4. The predicted molar refractivity (Wildman–Crippen MR) is 77.0 cm³/mol. The standard InChI is InChI=1S/C16H23N/c1-5-15(11-13(2)3)12-14(4)17-16-9-7-6-8-10-16/h5-10,12-13,17H,11H2,1-4H3/b14-12+,15-5-. The van der Waals surface area contributed by atoms with Crippen molar-refractivity contribution in [2.45, 2.75) is 34.1 Å². The van der Waals surface area contributed by atoms with Gasteiger partial charge in [-0.1, -0.05) is 43.7 Å². The lowest BCUT2D eigenvalue weighted by molar-refractivity contribution is 0.649. The molecule has 1 rings (SSSR count). The maximum Gasteiger partial charge on any atom is 0.0381 e. The maximum atomic E-state index is 3.40. The van der Waals surface area contributed by atoms with Crippen molar-refractivity contribution in [3.63, 3.8) is 0 Å². The van der Waals surface area contributed by atoms with E-state index in [1.807, 2.05) is 18.2 Å². The molecule has 0 aromatic heterocycles. The highest BCUT2D eigenvalue weighted by molar-refractivity contribution is 5.48. The molecule has 0 aliphatic carbocycles. The summed E-state index contributed by atoms with van der Waals surface area (Å²) < 4.78 is 0. The zero-order chi connectivity index (χ0) is 12.7. The Labute approximate surface area is 105 Å². The van der Waals surface area contributed by atoms with Crippen molar-refractivity contribution in [1.29, 1.82) is 0 Å². The second-order valence-electron chi connectivity index (χ2n) is 4.78. The summed E-state index contributed by atoms with van der Waals surface area (Å²) in [5.74, 6) is 0.696. The van der Waals surface area contributed by atoms with Gasteiger partial charge >= 0.3 is 0 Å². The van der Waals surface area contributed by atoms with Crippen LogP contribution in [0.1, 0.15) is 34.1 Å². The van der Waals surface area contributed by atoms with Crippen LogP contribution in [-0.2, 0) is 0 Å². The Morgan fingerprint density at radius 3 is 2.41 bits per heavy atom. The molecular weight excluding hydrogens is 206 g/mol. The van der Waals surface area contributed by atoms with Gasteiger partial charge in [0.15, 0.2) is 0 Å². The lowest BCUT2D eigenvalue weighted by Crippen LogP contribution is -1.97. The summed E-state index contributed by atoms with van der Waals surface area (Å²) in [6.45, 7) is 8.70. The average molecular weight is 229 g/mol. The van der Waals surface area contributed by atoms with Gasteiger partial charge in [0.1, 0.15) is 0 Å². The van der Waals surface area contributed by atoms with Crippen LogP contribution >= 0.6 is 0 Å². The van der Waals surface area contributed by atoms with E-state index in [4.69, 9.17) is 0 Å². The maximum absolute atomic E-state index is 3.40. The normalized spacial score (nSPS) is 13.0. The third-order valence-electron chi connectivity index (χ3n) is 2.53. The Kier molecular flexibility index (Phi) is 5.55. The third-order valence-corrected chi connectivity index (χ3v) is 2.53. The van der Waals surface area contributed by atoms with E-state index < -0.39 is 0 Å². The molecule has 17 heavy (non-hydrogen) atoms. The minimum atomic E-state index is 0.696. The fraction of sp³-hybridized carbons (Fsp3) is 0.375. The highest BCUT2D eigenvalue weighted by Crippen LogP contribution is 2.15. The monoisotopic (exact) mass is 229 g/mol. The van der Waals surface area contributed by atoms with Crippen LogP contribution in [0.5, 0.6) is 0 Å². The predicted octanol–water partition coefficient (Wildman–Crippen LogP) is 4.99. The van der Waals surface area contributed by atoms with Crippen molar-refractivity contribution in [2.75, 3.05) is 5.32 Å². The molecule has 1 aromatic rings. The van der Waals surface area contributed by atoms with E-state index in [1.165, 1.54) is 11.3 Å². The van der Waals surface area contributed by atoms with E-state index in [1.54, 1.807) is 0 Å². The Morgan fingerprint density at radius 1 is 1.24 bits per heavy atom. The molecule has 1 nitrogen and oxygen atoms in total. The molecule has 0 fully saturated rings. The second kappa shape index (κ2) is 6.95. The fourth-order valence-corrected chi connectivity index (χ4v) is 1.79. The molecule has 0 unspecified atom stereocenters. The molecule has 0 saturated heterocycles. The Hall–Kier alpha value is -1.50. The van der Waals surface area contributed by atoms with Crippen LogP contribution in [0.3, 0.4) is 0 Å². The molecule has 0 aliphatic heterocycles. The molecule has 92 valence electrons. The lowest BCUT2D eigenvalue weighted by Gasteiger charge is -2.09. The fourth-order valence-electron chi connectivity index (χ4n) is 1.79. The van der Waals surface area contributed by atoms with Crippen LogP contribution in [0.25, 0.3) is 0 Å². The molecule has 0 amide bonds. The number of para-hydroxylation sites is 1. The summed E-state index contributed by atoms with van der Waals surface area (Å²) in [5, 5.41) is 3.40. The molecule has 1 heteroatoms. The Bertz CT molecular complexity index is 385. The summed E-state index contributed by atoms with van der Waals surface area (Å²) in [4.78, 5) is 0. The van der Waals surface area contributed by atoms with Crippen molar-refractivity contribution >= 4 is 5.69 Å². The topological polar surface area (TPSA) is 12.0 Å². The average Bonchev–Trinajstić information content (AvgIpc) is 2.28. The van der Waals surface area contributed by atoms with Gasteiger partial charge in [-0.15, -0.1) is 0 Å². The SMILES string of the molecule is C/C=C(\C=C(/C)Nc1ccccc1)CC(C)C. The van der Waals surface area contributed by atoms with E-state index in [2.05, 4.69) is 57.3 Å². The number of hydrogen-bond donors (Lipinski definition) is 1. The van der Waals surface area contributed by atoms with Gasteiger partial charge in [-0.2, -0.15) is 0 Å². The zero-order valence-corrected chi connectivity index (χ0v) is 11.3. The van der Waals surface area contributed by atoms with Gasteiger partial charge in [0.05, 0.1) is 0 Å². The molecule has 0 aliphatic rings. The Morgan fingerprint density at radius 2 is 1.88 bits per heavy atom. The first-order valence-corrected chi connectivity index (χ1v) is 6.27. The summed E-state index contributed by atoms with van der Waals surface area (Å²) in [6.07, 6.45) is 5.55. The first kappa shape index (κ1) is 13.6. The van der Waals surface area contributed by atoms with Gasteiger partial charge in [0, 0.05) is 11.4 Å². The van der Waals surface area contributed by atoms with Crippen LogP contribution in [0.2, 0.25) is 0 Å². The van der Waals surface area contributed by atoms with Crippen LogP contribution in [0, 0.1) is 5.92 Å². The van der Waals surface area contributed by atoms with Crippen molar-refractivity contribution in [3.05, 3.63) is 53.8 Å². The Balaban J connectivity index is 2.65. The zero-order valence-electron chi connectivity index (χ0n) is 11.3. The minimum Gasteiger partial charge on any atom is -0.359 e. The number of benzene rings is 1. The molecule has 1 aromatic carbocycles. The summed E-state index contributed by atoms with van der Waals surface area (Å²) >= 11 is 0. The molecule has 0 atom stereocenters. The number of hydrogen-bond acceptors (Lipinski definition) is 1. The quantitative estimate of drug-likeness (QED) is 0.701. The number of nitrogens with one attached hydrogen (secondary N) is 1. The van der Waals surface area contributed by atoms with Crippen molar-refractivity contribution < 1.29 is 0 Å². The summed E-state index contributed by atoms with van der Waals surface area (Å²) in [7, 11) is 0. The molecule has 0 bridgehead atoms. The summed E-state index contributed by atoms with van der Waals surface area (Å²) in [6, 6.07) is 10.3. The first-order valence-electron chi connectivity index (χ1n) is 6.27. The van der Waals surface area contributed by atoms with Crippen LogP contribution in [0.4, 0.5) is 5.69 Å². The van der Waals surface area contributed by atoms with Crippen LogP contribution < -0.4 is 5.32 Å². The molecule has 0 radical (unpaired) electrons. The molecule has 1 N–H and O–H groups in total. The second-order valence-corrected chi connectivity index (χ2v) is 4.78. The number of anilines is 1. The van der Waals surface area contributed by atoms with E-state index in [-0.39, 0.29) is 0 Å². The van der Waals surface area contributed by atoms with Crippen LogP contribution in [0.15, 0.2) is 53.8 Å². The molecule has 0 saturated carbocycles. The highest BCUT2D eigenvalue weighted by atomic mass is 14.9. The molecule has 0 heterocycles. The van der Waals surface area contributed by atoms with E-state index >= 15 is 0 Å². The van der Waals surface area contributed by atoms with E-state index in [0.717, 1.165) is 12.1 Å². The minimum absolute atomic E-state index is 0.696. The molecular formula is C16H23N. The van der Waals surface area contributed by atoms with Gasteiger partial charge in [-0.05, 0) is 44.4 Å². The van der Waals surface area contributed by atoms with Gasteiger partial charge in [-0.25, -0.2) is 0 Å². The van der Waals surface area contributed by atoms with Crippen molar-refractivity contribution in [1.82, 2.24) is 0 Å². The lowest BCUT2D eigenvalue weighted by atomic mass is 10.0. The van der Waals surface area contributed by atoms with Gasteiger partial charge in [0.2, 0.25) is 0 Å². The van der Waals surface area contributed by atoms with E-state index in [9.17, 15) is 0 Å². The highest BCUT2D eigenvalue weighted by Gasteiger charge is 1.99. The van der Waals surface area contributed by atoms with Crippen molar-refractivity contribution in [3.8, 4) is 0 Å². The van der Waals surface area contributed by atoms with Gasteiger partial charge in [-0.3, -0.25) is 0 Å². The largest absolute Gasteiger partial charge is 0.359 e. The third kappa shape index (κ3) is 5.39. The van der Waals surface area contributed by atoms with Gasteiger partial charge in [0.25, 0.3) is 0 Å².